The number of ether oxygens (including phenoxy) is 1. The van der Waals surface area contributed by atoms with Gasteiger partial charge in [-0.25, -0.2) is 9.78 Å². The van der Waals surface area contributed by atoms with Crippen LogP contribution >= 0.6 is 22.7 Å². The number of carbonyl (C=O) groups excluding carboxylic acids is 1. The van der Waals surface area contributed by atoms with E-state index in [4.69, 9.17) is 4.74 Å². The molecule has 0 saturated heterocycles. The van der Waals surface area contributed by atoms with Crippen molar-refractivity contribution in [2.75, 3.05) is 24.6 Å². The normalized spacial score (nSPS) is 10.8. The standard InChI is InChI=1S/C12H16N2O2S2/c1-4-14(5-2)12-13-10-8(18-12)7-9(17-10)11(15)16-6-3/h7H,4-6H2,1-3H3. The predicted molar refractivity (Wildman–Crippen MR) is 77.0 cm³/mol. The summed E-state index contributed by atoms with van der Waals surface area (Å²) in [4.78, 5) is 19.9. The molecule has 0 atom stereocenters. The van der Waals surface area contributed by atoms with Gasteiger partial charge in [-0.3, -0.25) is 0 Å². The molecule has 0 spiro atoms. The maximum Gasteiger partial charge on any atom is 0.348 e. The highest BCUT2D eigenvalue weighted by Gasteiger charge is 2.16. The Morgan fingerprint density at radius 1 is 1.33 bits per heavy atom. The van der Waals surface area contributed by atoms with Gasteiger partial charge in [0.25, 0.3) is 0 Å². The van der Waals surface area contributed by atoms with E-state index in [1.807, 2.05) is 13.0 Å². The third kappa shape index (κ3) is 2.49. The van der Waals surface area contributed by atoms with Crippen LogP contribution < -0.4 is 4.90 Å². The second-order valence-corrected chi connectivity index (χ2v) is 5.71. The molecule has 2 rings (SSSR count). The van der Waals surface area contributed by atoms with Gasteiger partial charge in [-0.05, 0) is 26.8 Å². The van der Waals surface area contributed by atoms with Crippen LogP contribution in [-0.2, 0) is 4.74 Å². The molecule has 98 valence electrons. The zero-order chi connectivity index (χ0) is 13.1. The highest BCUT2D eigenvalue weighted by atomic mass is 32.1. The molecule has 0 N–H and O–H groups in total. The summed E-state index contributed by atoms with van der Waals surface area (Å²) in [5, 5.41) is 1.02. The van der Waals surface area contributed by atoms with Gasteiger partial charge < -0.3 is 9.64 Å². The average Bonchev–Trinajstić information content (AvgIpc) is 2.89. The first kappa shape index (κ1) is 13.3. The Morgan fingerprint density at radius 2 is 2.06 bits per heavy atom. The molecule has 6 heteroatoms. The fourth-order valence-corrected chi connectivity index (χ4v) is 3.89. The van der Waals surface area contributed by atoms with Crippen LogP contribution in [0.2, 0.25) is 0 Å². The van der Waals surface area contributed by atoms with E-state index < -0.39 is 0 Å². The predicted octanol–water partition coefficient (Wildman–Crippen LogP) is 3.38. The summed E-state index contributed by atoms with van der Waals surface area (Å²) in [6, 6.07) is 1.88. The molecule has 2 aromatic heterocycles. The van der Waals surface area contributed by atoms with E-state index >= 15 is 0 Å². The number of hydrogen-bond acceptors (Lipinski definition) is 6. The lowest BCUT2D eigenvalue weighted by Gasteiger charge is -2.16. The minimum absolute atomic E-state index is 0.253. The first-order chi connectivity index (χ1) is 8.69. The number of nitrogens with zero attached hydrogens (tertiary/aromatic N) is 2. The molecule has 4 nitrogen and oxygen atoms in total. The molecule has 0 aliphatic carbocycles. The number of esters is 1. The van der Waals surface area contributed by atoms with E-state index in [1.165, 1.54) is 11.3 Å². The van der Waals surface area contributed by atoms with E-state index in [9.17, 15) is 4.79 Å². The highest BCUT2D eigenvalue weighted by molar-refractivity contribution is 7.29. The fraction of sp³-hybridized carbons (Fsp3) is 0.500. The highest BCUT2D eigenvalue weighted by Crippen LogP contribution is 2.34. The molecule has 0 unspecified atom stereocenters. The minimum atomic E-state index is -0.253. The lowest BCUT2D eigenvalue weighted by Crippen LogP contribution is -2.21. The maximum atomic E-state index is 11.6. The van der Waals surface area contributed by atoms with Crippen molar-refractivity contribution >= 4 is 43.3 Å². The van der Waals surface area contributed by atoms with Crippen LogP contribution in [0.25, 0.3) is 9.53 Å². The van der Waals surface area contributed by atoms with Gasteiger partial charge in [0.15, 0.2) is 5.13 Å². The van der Waals surface area contributed by atoms with Crippen LogP contribution in [0.3, 0.4) is 0 Å². The van der Waals surface area contributed by atoms with Crippen molar-refractivity contribution < 1.29 is 9.53 Å². The number of fused-ring (bicyclic) bond motifs is 1. The molecule has 2 aromatic rings. The Labute approximate surface area is 114 Å². The zero-order valence-corrected chi connectivity index (χ0v) is 12.4. The van der Waals surface area contributed by atoms with E-state index in [2.05, 4.69) is 23.7 Å². The Kier molecular flexibility index (Phi) is 4.19. The smallest absolute Gasteiger partial charge is 0.348 e. The number of rotatable bonds is 5. The quantitative estimate of drug-likeness (QED) is 0.789. The summed E-state index contributed by atoms with van der Waals surface area (Å²) in [7, 11) is 0. The van der Waals surface area contributed by atoms with E-state index in [-0.39, 0.29) is 5.97 Å². The Bertz CT molecular complexity index is 512. The van der Waals surface area contributed by atoms with Gasteiger partial charge in [-0.2, -0.15) is 0 Å². The SMILES string of the molecule is CCOC(=O)c1cc2sc(N(CC)CC)nc2s1. The zero-order valence-electron chi connectivity index (χ0n) is 10.7. The molecule has 0 saturated carbocycles. The molecule has 0 bridgehead atoms. The summed E-state index contributed by atoms with van der Waals surface area (Å²) < 4.78 is 6.04. The molecule has 18 heavy (non-hydrogen) atoms. The third-order valence-electron chi connectivity index (χ3n) is 2.59. The van der Waals surface area contributed by atoms with Crippen LogP contribution in [0, 0.1) is 0 Å². The Morgan fingerprint density at radius 3 is 2.61 bits per heavy atom. The number of anilines is 1. The Balaban J connectivity index is 2.27. The number of hydrogen-bond donors (Lipinski definition) is 0. The molecule has 0 amide bonds. The van der Waals surface area contributed by atoms with E-state index in [0.717, 1.165) is 27.8 Å². The number of thiophene rings is 1. The summed E-state index contributed by atoms with van der Waals surface area (Å²) in [5.41, 5.74) is 0. The number of thiazole rings is 1. The second kappa shape index (κ2) is 5.67. The first-order valence-electron chi connectivity index (χ1n) is 6.02. The molecule has 2 heterocycles. The van der Waals surface area contributed by atoms with Gasteiger partial charge in [0.1, 0.15) is 9.71 Å². The minimum Gasteiger partial charge on any atom is -0.462 e. The van der Waals surface area contributed by atoms with Crippen LogP contribution in [0.5, 0.6) is 0 Å². The van der Waals surface area contributed by atoms with Crippen LogP contribution in [-0.4, -0.2) is 30.6 Å². The molecule has 0 aliphatic rings. The molecular formula is C12H16N2O2S2. The lowest BCUT2D eigenvalue weighted by molar-refractivity contribution is 0.0532. The molecule has 0 aliphatic heterocycles. The third-order valence-corrected chi connectivity index (χ3v) is 4.79. The largest absolute Gasteiger partial charge is 0.462 e. The van der Waals surface area contributed by atoms with Gasteiger partial charge in [-0.1, -0.05) is 11.3 Å². The summed E-state index contributed by atoms with van der Waals surface area (Å²) in [5.74, 6) is -0.253. The number of aromatic nitrogens is 1. The van der Waals surface area contributed by atoms with Gasteiger partial charge in [-0.15, -0.1) is 11.3 Å². The maximum absolute atomic E-state index is 11.6. The first-order valence-corrected chi connectivity index (χ1v) is 7.65. The van der Waals surface area contributed by atoms with Gasteiger partial charge in [0, 0.05) is 13.1 Å². The van der Waals surface area contributed by atoms with E-state index in [0.29, 0.717) is 11.5 Å². The summed E-state index contributed by atoms with van der Waals surface area (Å²) in [6.07, 6.45) is 0. The summed E-state index contributed by atoms with van der Waals surface area (Å²) >= 11 is 3.03. The molecule has 0 radical (unpaired) electrons. The fourth-order valence-electron chi connectivity index (χ4n) is 1.66. The van der Waals surface area contributed by atoms with Crippen molar-refractivity contribution in [3.05, 3.63) is 10.9 Å². The van der Waals surface area contributed by atoms with Crippen molar-refractivity contribution in [1.29, 1.82) is 0 Å². The van der Waals surface area contributed by atoms with Crippen LogP contribution in [0.4, 0.5) is 5.13 Å². The molecule has 0 fully saturated rings. The molecule has 0 aromatic carbocycles. The van der Waals surface area contributed by atoms with Gasteiger partial charge in [0.05, 0.1) is 11.3 Å². The average molecular weight is 284 g/mol. The van der Waals surface area contributed by atoms with Gasteiger partial charge >= 0.3 is 5.97 Å². The lowest BCUT2D eigenvalue weighted by atomic mass is 10.5. The van der Waals surface area contributed by atoms with Crippen molar-refractivity contribution in [2.45, 2.75) is 20.8 Å². The summed E-state index contributed by atoms with van der Waals surface area (Å²) in [6.45, 7) is 8.34. The topological polar surface area (TPSA) is 42.4 Å². The number of carbonyl (C=O) groups is 1. The Hall–Kier alpha value is -1.14. The van der Waals surface area contributed by atoms with Crippen molar-refractivity contribution in [3.8, 4) is 0 Å². The van der Waals surface area contributed by atoms with Crippen molar-refractivity contribution in [1.82, 2.24) is 4.98 Å². The van der Waals surface area contributed by atoms with Crippen LogP contribution in [0.1, 0.15) is 30.4 Å². The van der Waals surface area contributed by atoms with Crippen LogP contribution in [0.15, 0.2) is 6.07 Å². The van der Waals surface area contributed by atoms with Gasteiger partial charge in [0.2, 0.25) is 0 Å². The monoisotopic (exact) mass is 284 g/mol. The van der Waals surface area contributed by atoms with Crippen molar-refractivity contribution in [3.63, 3.8) is 0 Å². The van der Waals surface area contributed by atoms with E-state index in [1.54, 1.807) is 11.3 Å². The van der Waals surface area contributed by atoms with Crippen molar-refractivity contribution in [2.24, 2.45) is 0 Å². The molecular weight excluding hydrogens is 268 g/mol. The second-order valence-electron chi connectivity index (χ2n) is 3.67.